The standard InChI is InChI=1S/C24H20N4O2/c1-16-5-4-6-18(13-16)23(29)27-20-11-9-17(10-12-20)24(30)28-26-15-19-14-25-22-8-3-2-7-21(19)22/h2-15,25H,1H3,(H,27,29)(H,28,30)/b26-15+. The Balaban J connectivity index is 1.37. The highest BCUT2D eigenvalue weighted by Crippen LogP contribution is 2.16. The van der Waals surface area contributed by atoms with E-state index in [2.05, 4.69) is 20.8 Å². The van der Waals surface area contributed by atoms with E-state index < -0.39 is 0 Å². The maximum absolute atomic E-state index is 12.3. The van der Waals surface area contributed by atoms with Crippen LogP contribution in [0.2, 0.25) is 0 Å². The fourth-order valence-electron chi connectivity index (χ4n) is 3.12. The summed E-state index contributed by atoms with van der Waals surface area (Å²) in [5.74, 6) is -0.526. The molecule has 3 N–H and O–H groups in total. The second-order valence-electron chi connectivity index (χ2n) is 6.89. The molecule has 0 unspecified atom stereocenters. The van der Waals surface area contributed by atoms with Crippen LogP contribution in [0.3, 0.4) is 0 Å². The van der Waals surface area contributed by atoms with Gasteiger partial charge in [0.05, 0.1) is 6.21 Å². The minimum Gasteiger partial charge on any atom is -0.361 e. The molecule has 6 nitrogen and oxygen atoms in total. The van der Waals surface area contributed by atoms with Crippen LogP contribution < -0.4 is 10.7 Å². The summed E-state index contributed by atoms with van der Waals surface area (Å²) in [6, 6.07) is 21.9. The lowest BCUT2D eigenvalue weighted by molar-refractivity contribution is 0.0954. The number of hydrogen-bond donors (Lipinski definition) is 3. The number of carbonyl (C=O) groups excluding carboxylic acids is 2. The van der Waals surface area contributed by atoms with E-state index in [4.69, 9.17) is 0 Å². The first kappa shape index (κ1) is 19.1. The Kier molecular flexibility index (Phi) is 5.39. The molecular formula is C24H20N4O2. The van der Waals surface area contributed by atoms with Crippen LogP contribution in [0.5, 0.6) is 0 Å². The summed E-state index contributed by atoms with van der Waals surface area (Å²) < 4.78 is 0. The van der Waals surface area contributed by atoms with Crippen LogP contribution in [0.1, 0.15) is 31.8 Å². The summed E-state index contributed by atoms with van der Waals surface area (Å²) in [7, 11) is 0. The minimum atomic E-state index is -0.331. The molecule has 0 spiro atoms. The molecule has 0 bridgehead atoms. The summed E-state index contributed by atoms with van der Waals surface area (Å²) in [6.45, 7) is 1.94. The highest BCUT2D eigenvalue weighted by molar-refractivity contribution is 6.05. The van der Waals surface area contributed by atoms with Crippen molar-refractivity contribution in [2.24, 2.45) is 5.10 Å². The molecule has 1 heterocycles. The van der Waals surface area contributed by atoms with Gasteiger partial charge in [0.2, 0.25) is 0 Å². The van der Waals surface area contributed by atoms with Crippen molar-refractivity contribution in [2.45, 2.75) is 6.92 Å². The predicted molar refractivity (Wildman–Crippen MR) is 119 cm³/mol. The molecule has 4 aromatic rings. The van der Waals surface area contributed by atoms with E-state index in [1.165, 1.54) is 0 Å². The number of anilines is 1. The number of hydrogen-bond acceptors (Lipinski definition) is 3. The summed E-state index contributed by atoms with van der Waals surface area (Å²) in [5.41, 5.74) is 7.08. The molecule has 0 aliphatic rings. The van der Waals surface area contributed by atoms with Gasteiger partial charge in [0, 0.05) is 39.5 Å². The van der Waals surface area contributed by atoms with Gasteiger partial charge in [0.15, 0.2) is 0 Å². The second kappa shape index (κ2) is 8.45. The van der Waals surface area contributed by atoms with Gasteiger partial charge in [-0.3, -0.25) is 9.59 Å². The lowest BCUT2D eigenvalue weighted by Gasteiger charge is -2.07. The number of aromatic nitrogens is 1. The highest BCUT2D eigenvalue weighted by atomic mass is 16.2. The van der Waals surface area contributed by atoms with Gasteiger partial charge in [-0.15, -0.1) is 0 Å². The predicted octanol–water partition coefficient (Wildman–Crippen LogP) is 4.49. The number of hydrazone groups is 1. The van der Waals surface area contributed by atoms with E-state index in [0.717, 1.165) is 22.0 Å². The Morgan fingerprint density at radius 3 is 2.50 bits per heavy atom. The molecule has 148 valence electrons. The van der Waals surface area contributed by atoms with Crippen molar-refractivity contribution in [1.82, 2.24) is 10.4 Å². The first-order chi connectivity index (χ1) is 14.6. The number of H-pyrrole nitrogens is 1. The molecule has 0 atom stereocenters. The first-order valence-electron chi connectivity index (χ1n) is 9.48. The summed E-state index contributed by atoms with van der Waals surface area (Å²) >= 11 is 0. The fourth-order valence-corrected chi connectivity index (χ4v) is 3.12. The average Bonchev–Trinajstić information content (AvgIpc) is 3.17. The number of para-hydroxylation sites is 1. The van der Waals surface area contributed by atoms with E-state index in [1.54, 1.807) is 36.5 Å². The van der Waals surface area contributed by atoms with Crippen molar-refractivity contribution in [3.63, 3.8) is 0 Å². The molecule has 30 heavy (non-hydrogen) atoms. The lowest BCUT2D eigenvalue weighted by Crippen LogP contribution is -2.17. The lowest BCUT2D eigenvalue weighted by atomic mass is 10.1. The minimum absolute atomic E-state index is 0.195. The van der Waals surface area contributed by atoms with E-state index in [1.807, 2.05) is 55.6 Å². The number of fused-ring (bicyclic) bond motifs is 1. The molecule has 0 aliphatic carbocycles. The van der Waals surface area contributed by atoms with Crippen LogP contribution in [-0.4, -0.2) is 23.0 Å². The van der Waals surface area contributed by atoms with Crippen LogP contribution in [-0.2, 0) is 0 Å². The Morgan fingerprint density at radius 1 is 0.900 bits per heavy atom. The molecule has 3 aromatic carbocycles. The fraction of sp³-hybridized carbons (Fsp3) is 0.0417. The van der Waals surface area contributed by atoms with Gasteiger partial charge in [-0.1, -0.05) is 35.9 Å². The largest absolute Gasteiger partial charge is 0.361 e. The third-order valence-electron chi connectivity index (χ3n) is 4.68. The molecule has 0 fully saturated rings. The first-order valence-corrected chi connectivity index (χ1v) is 9.48. The van der Waals surface area contributed by atoms with Crippen LogP contribution in [0, 0.1) is 6.92 Å². The normalized spacial score (nSPS) is 11.0. The SMILES string of the molecule is Cc1cccc(C(=O)Nc2ccc(C(=O)N/N=C/c3c[nH]c4ccccc34)cc2)c1. The van der Waals surface area contributed by atoms with Crippen LogP contribution in [0.15, 0.2) is 84.1 Å². The highest BCUT2D eigenvalue weighted by Gasteiger charge is 2.08. The molecule has 4 rings (SSSR count). The molecule has 6 heteroatoms. The number of nitrogens with one attached hydrogen (secondary N) is 3. The zero-order valence-corrected chi connectivity index (χ0v) is 16.3. The molecule has 1 aromatic heterocycles. The average molecular weight is 396 g/mol. The smallest absolute Gasteiger partial charge is 0.271 e. The number of carbonyl (C=O) groups is 2. The van der Waals surface area contributed by atoms with Gasteiger partial charge >= 0.3 is 0 Å². The van der Waals surface area contributed by atoms with Gasteiger partial charge < -0.3 is 10.3 Å². The molecular weight excluding hydrogens is 376 g/mol. The van der Waals surface area contributed by atoms with E-state index in [0.29, 0.717) is 16.8 Å². The summed E-state index contributed by atoms with van der Waals surface area (Å²) in [4.78, 5) is 27.8. The van der Waals surface area contributed by atoms with Crippen molar-refractivity contribution in [3.8, 4) is 0 Å². The number of nitrogens with zero attached hydrogens (tertiary/aromatic N) is 1. The summed E-state index contributed by atoms with van der Waals surface area (Å²) in [6.07, 6.45) is 3.44. The zero-order valence-electron chi connectivity index (χ0n) is 16.3. The Labute approximate surface area is 173 Å². The third kappa shape index (κ3) is 4.28. The number of aromatic amines is 1. The quantitative estimate of drug-likeness (QED) is 0.343. The third-order valence-corrected chi connectivity index (χ3v) is 4.68. The maximum Gasteiger partial charge on any atom is 0.271 e. The van der Waals surface area contributed by atoms with Crippen molar-refractivity contribution < 1.29 is 9.59 Å². The number of aryl methyl sites for hydroxylation is 1. The van der Waals surface area contributed by atoms with Gasteiger partial charge in [0.1, 0.15) is 0 Å². The van der Waals surface area contributed by atoms with Crippen LogP contribution in [0.4, 0.5) is 5.69 Å². The number of amides is 2. The Morgan fingerprint density at radius 2 is 1.70 bits per heavy atom. The number of rotatable bonds is 5. The molecule has 0 saturated carbocycles. The summed E-state index contributed by atoms with van der Waals surface area (Å²) in [5, 5.41) is 7.90. The van der Waals surface area contributed by atoms with Gasteiger partial charge in [-0.2, -0.15) is 5.10 Å². The van der Waals surface area contributed by atoms with E-state index >= 15 is 0 Å². The topological polar surface area (TPSA) is 86.3 Å². The van der Waals surface area contributed by atoms with Gasteiger partial charge in [0.25, 0.3) is 11.8 Å². The number of benzene rings is 3. The second-order valence-corrected chi connectivity index (χ2v) is 6.89. The van der Waals surface area contributed by atoms with E-state index in [9.17, 15) is 9.59 Å². The van der Waals surface area contributed by atoms with Crippen molar-refractivity contribution in [3.05, 3.63) is 101 Å². The molecule has 0 saturated heterocycles. The van der Waals surface area contributed by atoms with Crippen molar-refractivity contribution in [1.29, 1.82) is 0 Å². The van der Waals surface area contributed by atoms with Gasteiger partial charge in [-0.05, 0) is 49.4 Å². The molecule has 2 amide bonds. The monoisotopic (exact) mass is 396 g/mol. The zero-order chi connectivity index (χ0) is 20.9. The Hall–Kier alpha value is -4.19. The van der Waals surface area contributed by atoms with Gasteiger partial charge in [-0.25, -0.2) is 5.43 Å². The molecule has 0 aliphatic heterocycles. The van der Waals surface area contributed by atoms with Crippen molar-refractivity contribution >= 4 is 34.6 Å². The molecule has 0 radical (unpaired) electrons. The Bertz CT molecular complexity index is 1240. The van der Waals surface area contributed by atoms with Crippen LogP contribution >= 0.6 is 0 Å². The van der Waals surface area contributed by atoms with Crippen molar-refractivity contribution in [2.75, 3.05) is 5.32 Å². The maximum atomic E-state index is 12.3. The van der Waals surface area contributed by atoms with Crippen LogP contribution in [0.25, 0.3) is 10.9 Å². The van der Waals surface area contributed by atoms with E-state index in [-0.39, 0.29) is 11.8 Å².